The van der Waals surface area contributed by atoms with E-state index >= 15 is 0 Å². The molecule has 0 spiro atoms. The summed E-state index contributed by atoms with van der Waals surface area (Å²) in [6.45, 7) is 3.89. The minimum absolute atomic E-state index is 0.177. The highest BCUT2D eigenvalue weighted by Gasteiger charge is 2.55. The number of nitrogens with one attached hydrogen (secondary N) is 1. The molecule has 2 saturated carbocycles. The summed E-state index contributed by atoms with van der Waals surface area (Å²) in [5, 5.41) is 1.08. The van der Waals surface area contributed by atoms with Crippen molar-refractivity contribution in [3.05, 3.63) is 53.6 Å². The Kier molecular flexibility index (Phi) is 8.62. The Morgan fingerprint density at radius 3 is 2.23 bits per heavy atom. The molecule has 0 radical (unpaired) electrons. The summed E-state index contributed by atoms with van der Waals surface area (Å²) in [6, 6.07) is 14.3. The van der Waals surface area contributed by atoms with Crippen molar-refractivity contribution in [2.24, 2.45) is 5.41 Å². The number of piperazine rings is 1. The van der Waals surface area contributed by atoms with E-state index in [1.54, 1.807) is 13.2 Å². The van der Waals surface area contributed by atoms with E-state index in [9.17, 15) is 18.0 Å². The molecule has 7 rings (SSSR count). The number of likely N-dealkylation sites (N-methyl/N-ethyl adjacent to an activating group) is 1. The van der Waals surface area contributed by atoms with E-state index < -0.39 is 21.3 Å². The molecule has 2 aromatic carbocycles. The normalized spacial score (nSPS) is 23.1. The van der Waals surface area contributed by atoms with E-state index in [0.29, 0.717) is 18.0 Å². The SMILES string of the molecule is CCS(=O)(=O)NC(=O)c1ccc2c(C3CCCCC3)c(-c3ccc(OC)cc3)n(CC3(C(=O)N4C5CCCC4CN(C)C5)CC3)c2c1. The van der Waals surface area contributed by atoms with E-state index in [1.807, 2.05) is 24.3 Å². The van der Waals surface area contributed by atoms with Crippen LogP contribution in [0.4, 0.5) is 0 Å². The highest BCUT2D eigenvalue weighted by Crippen LogP contribution is 2.53. The third-order valence-corrected chi connectivity index (χ3v) is 12.5. The Bertz CT molecular complexity index is 1760. The second-order valence-corrected chi connectivity index (χ2v) is 16.4. The molecular formula is C37H48N4O5S. The van der Waals surface area contributed by atoms with Crippen molar-refractivity contribution in [3.63, 3.8) is 0 Å². The number of fused-ring (bicyclic) bond motifs is 3. The number of piperidine rings is 1. The first-order chi connectivity index (χ1) is 22.6. The molecule has 4 fully saturated rings. The van der Waals surface area contributed by atoms with Crippen molar-refractivity contribution in [1.29, 1.82) is 0 Å². The highest BCUT2D eigenvalue weighted by molar-refractivity contribution is 7.90. The van der Waals surface area contributed by atoms with Gasteiger partial charge < -0.3 is 19.1 Å². The molecule has 10 heteroatoms. The molecule has 2 amide bonds. The number of methoxy groups -OCH3 is 1. The Balaban J connectivity index is 1.38. The van der Waals surface area contributed by atoms with E-state index in [4.69, 9.17) is 4.74 Å². The zero-order valence-corrected chi connectivity index (χ0v) is 28.8. The fourth-order valence-corrected chi connectivity index (χ4v) is 9.18. The molecule has 2 aliphatic heterocycles. The third kappa shape index (κ3) is 6.07. The van der Waals surface area contributed by atoms with Gasteiger partial charge in [-0.25, -0.2) is 13.1 Å². The first kappa shape index (κ1) is 32.2. The Labute approximate surface area is 278 Å². The van der Waals surface area contributed by atoms with Crippen molar-refractivity contribution in [2.45, 2.75) is 95.7 Å². The minimum atomic E-state index is -3.73. The molecule has 4 aliphatic rings. The lowest BCUT2D eigenvalue weighted by Gasteiger charge is -2.50. The van der Waals surface area contributed by atoms with Crippen LogP contribution in [0.5, 0.6) is 5.75 Å². The average molecular weight is 661 g/mol. The molecular weight excluding hydrogens is 612 g/mol. The van der Waals surface area contributed by atoms with Gasteiger partial charge >= 0.3 is 0 Å². The number of hydrogen-bond acceptors (Lipinski definition) is 6. The summed E-state index contributed by atoms with van der Waals surface area (Å²) in [5.74, 6) is 0.609. The van der Waals surface area contributed by atoms with Crippen LogP contribution in [0, 0.1) is 5.41 Å². The van der Waals surface area contributed by atoms with Crippen molar-refractivity contribution >= 4 is 32.7 Å². The number of nitrogens with zero attached hydrogens (tertiary/aromatic N) is 3. The smallest absolute Gasteiger partial charge is 0.264 e. The Morgan fingerprint density at radius 1 is 0.936 bits per heavy atom. The van der Waals surface area contributed by atoms with Gasteiger partial charge in [-0.1, -0.05) is 25.3 Å². The number of carbonyl (C=O) groups is 2. The number of benzene rings is 2. The van der Waals surface area contributed by atoms with Gasteiger partial charge in [0.1, 0.15) is 5.75 Å². The summed E-state index contributed by atoms with van der Waals surface area (Å²) in [5.41, 5.74) is 4.13. The second-order valence-electron chi connectivity index (χ2n) is 14.4. The molecule has 2 bridgehead atoms. The number of sulfonamides is 1. The van der Waals surface area contributed by atoms with Crippen molar-refractivity contribution in [1.82, 2.24) is 19.1 Å². The van der Waals surface area contributed by atoms with Gasteiger partial charge in [0, 0.05) is 48.2 Å². The molecule has 3 heterocycles. The first-order valence-electron chi connectivity index (χ1n) is 17.5. The molecule has 3 aromatic rings. The zero-order valence-electron chi connectivity index (χ0n) is 28.0. The van der Waals surface area contributed by atoms with Crippen molar-refractivity contribution in [2.75, 3.05) is 33.0 Å². The number of ether oxygens (including phenoxy) is 1. The van der Waals surface area contributed by atoms with Crippen LogP contribution in [0.15, 0.2) is 42.5 Å². The maximum Gasteiger partial charge on any atom is 0.264 e. The molecule has 2 atom stereocenters. The van der Waals surface area contributed by atoms with Gasteiger partial charge in [0.2, 0.25) is 15.9 Å². The summed E-state index contributed by atoms with van der Waals surface area (Å²) in [7, 11) is 0.108. The molecule has 252 valence electrons. The first-order valence-corrected chi connectivity index (χ1v) is 19.1. The van der Waals surface area contributed by atoms with E-state index in [2.05, 4.69) is 38.3 Å². The Hall–Kier alpha value is -3.37. The predicted octanol–water partition coefficient (Wildman–Crippen LogP) is 5.92. The van der Waals surface area contributed by atoms with E-state index in [-0.39, 0.29) is 23.7 Å². The van der Waals surface area contributed by atoms with Crippen LogP contribution in [0.2, 0.25) is 0 Å². The fourth-order valence-electron chi connectivity index (χ4n) is 8.64. The van der Waals surface area contributed by atoms with Gasteiger partial charge in [0.15, 0.2) is 0 Å². The zero-order chi connectivity index (χ0) is 32.9. The summed E-state index contributed by atoms with van der Waals surface area (Å²) in [4.78, 5) is 32.6. The van der Waals surface area contributed by atoms with Crippen LogP contribution in [-0.4, -0.2) is 79.7 Å². The average Bonchev–Trinajstić information content (AvgIpc) is 3.79. The van der Waals surface area contributed by atoms with Crippen LogP contribution < -0.4 is 9.46 Å². The van der Waals surface area contributed by atoms with Gasteiger partial charge in [0.25, 0.3) is 5.91 Å². The lowest BCUT2D eigenvalue weighted by Crippen LogP contribution is -2.63. The molecule has 47 heavy (non-hydrogen) atoms. The van der Waals surface area contributed by atoms with Gasteiger partial charge in [-0.3, -0.25) is 9.59 Å². The quantitative estimate of drug-likeness (QED) is 0.306. The van der Waals surface area contributed by atoms with Crippen LogP contribution in [0.3, 0.4) is 0 Å². The lowest BCUT2D eigenvalue weighted by atomic mass is 9.81. The van der Waals surface area contributed by atoms with Gasteiger partial charge in [-0.2, -0.15) is 0 Å². The highest BCUT2D eigenvalue weighted by atomic mass is 32.2. The van der Waals surface area contributed by atoms with Crippen molar-refractivity contribution < 1.29 is 22.7 Å². The second kappa shape index (κ2) is 12.6. The van der Waals surface area contributed by atoms with Crippen LogP contribution in [0.1, 0.15) is 93.0 Å². The molecule has 1 aromatic heterocycles. The monoisotopic (exact) mass is 660 g/mol. The molecule has 1 N–H and O–H groups in total. The largest absolute Gasteiger partial charge is 0.497 e. The van der Waals surface area contributed by atoms with Gasteiger partial charge in [-0.05, 0) is 112 Å². The molecule has 2 aliphatic carbocycles. The fraction of sp³-hybridized carbons (Fsp3) is 0.568. The van der Waals surface area contributed by atoms with Gasteiger partial charge in [0.05, 0.1) is 24.0 Å². The number of aromatic nitrogens is 1. The van der Waals surface area contributed by atoms with Crippen LogP contribution in [-0.2, 0) is 21.4 Å². The maximum absolute atomic E-state index is 14.7. The maximum atomic E-state index is 14.7. The van der Waals surface area contributed by atoms with E-state index in [1.165, 1.54) is 38.2 Å². The van der Waals surface area contributed by atoms with Crippen LogP contribution >= 0.6 is 0 Å². The van der Waals surface area contributed by atoms with Gasteiger partial charge in [-0.15, -0.1) is 0 Å². The number of likely N-dealkylation sites (tertiary alicyclic amines) is 1. The lowest BCUT2D eigenvalue weighted by molar-refractivity contribution is -0.149. The Morgan fingerprint density at radius 2 is 1.62 bits per heavy atom. The van der Waals surface area contributed by atoms with E-state index in [0.717, 1.165) is 79.5 Å². The molecule has 9 nitrogen and oxygen atoms in total. The topological polar surface area (TPSA) is 101 Å². The number of carbonyl (C=O) groups excluding carboxylic acids is 2. The predicted molar refractivity (Wildman–Crippen MR) is 184 cm³/mol. The van der Waals surface area contributed by atoms with Crippen LogP contribution in [0.25, 0.3) is 22.2 Å². The molecule has 2 unspecified atom stereocenters. The minimum Gasteiger partial charge on any atom is -0.497 e. The summed E-state index contributed by atoms with van der Waals surface area (Å²) >= 11 is 0. The summed E-state index contributed by atoms with van der Waals surface area (Å²) < 4.78 is 34.7. The number of hydrogen-bond donors (Lipinski definition) is 1. The summed E-state index contributed by atoms with van der Waals surface area (Å²) in [6.07, 6.45) is 10.7. The molecule has 2 saturated heterocycles. The number of rotatable bonds is 9. The van der Waals surface area contributed by atoms with Crippen molar-refractivity contribution in [3.8, 4) is 17.0 Å². The standard InChI is InChI=1S/C37H48N4O5S/c1-4-47(44,45)38-35(42)27-15-18-31-32(21-27)40(24-37(19-20-37)36(43)41-28-11-8-12-29(41)23-39(2)22-28)34(26-13-16-30(46-3)17-14-26)33(31)25-9-6-5-7-10-25/h13-18,21,25,28-29H,4-12,19-20,22-24H2,1-3H3,(H,38,42). The number of amides is 2. The third-order valence-electron chi connectivity index (χ3n) is 11.3.